The molecule has 2 unspecified atom stereocenters. The zero-order valence-electron chi connectivity index (χ0n) is 9.53. The third kappa shape index (κ3) is 3.30. The van der Waals surface area contributed by atoms with Crippen LogP contribution in [0.3, 0.4) is 0 Å². The molecule has 3 heteroatoms. The minimum atomic E-state index is -0.459. The molecule has 0 saturated carbocycles. The summed E-state index contributed by atoms with van der Waals surface area (Å²) >= 11 is 0. The Hall–Kier alpha value is -0.900. The topological polar surface area (TPSA) is 41.5 Å². The predicted octanol–water partition coefficient (Wildman–Crippen LogP) is 1.65. The molecule has 0 aliphatic carbocycles. The van der Waals surface area contributed by atoms with Crippen LogP contribution < -0.4 is 5.32 Å². The fraction of sp³-hybridized carbons (Fsp3) is 0.500. The van der Waals surface area contributed by atoms with Crippen molar-refractivity contribution in [3.05, 3.63) is 35.4 Å². The maximum absolute atomic E-state index is 9.80. The SMILES string of the molecule is CNCC(O)c1cccc(C(C)OC)c1. The van der Waals surface area contributed by atoms with Gasteiger partial charge in [-0.2, -0.15) is 0 Å². The molecule has 0 radical (unpaired) electrons. The summed E-state index contributed by atoms with van der Waals surface area (Å²) in [5.41, 5.74) is 2.01. The van der Waals surface area contributed by atoms with Gasteiger partial charge in [-0.15, -0.1) is 0 Å². The number of aliphatic hydroxyl groups excluding tert-OH is 1. The van der Waals surface area contributed by atoms with Gasteiger partial charge in [0, 0.05) is 13.7 Å². The minimum absolute atomic E-state index is 0.0618. The number of methoxy groups -OCH3 is 1. The summed E-state index contributed by atoms with van der Waals surface area (Å²) in [7, 11) is 3.51. The lowest BCUT2D eigenvalue weighted by molar-refractivity contribution is 0.119. The average molecular weight is 209 g/mol. The van der Waals surface area contributed by atoms with Gasteiger partial charge in [0.2, 0.25) is 0 Å². The Morgan fingerprint density at radius 1 is 1.40 bits per heavy atom. The summed E-state index contributed by atoms with van der Waals surface area (Å²) in [4.78, 5) is 0. The third-order valence-electron chi connectivity index (χ3n) is 2.52. The Balaban J connectivity index is 2.82. The Morgan fingerprint density at radius 2 is 2.07 bits per heavy atom. The van der Waals surface area contributed by atoms with Gasteiger partial charge < -0.3 is 15.2 Å². The van der Waals surface area contributed by atoms with Gasteiger partial charge >= 0.3 is 0 Å². The minimum Gasteiger partial charge on any atom is -0.387 e. The second-order valence-electron chi connectivity index (χ2n) is 3.62. The number of hydrogen-bond acceptors (Lipinski definition) is 3. The van der Waals surface area contributed by atoms with Gasteiger partial charge in [-0.25, -0.2) is 0 Å². The summed E-state index contributed by atoms with van der Waals surface area (Å²) in [5.74, 6) is 0. The highest BCUT2D eigenvalue weighted by Gasteiger charge is 2.09. The fourth-order valence-electron chi connectivity index (χ4n) is 1.47. The molecular weight excluding hydrogens is 190 g/mol. The standard InChI is InChI=1S/C12H19NO2/c1-9(15-3)10-5-4-6-11(7-10)12(14)8-13-2/h4-7,9,12-14H,8H2,1-3H3. The van der Waals surface area contributed by atoms with Crippen LogP contribution in [-0.4, -0.2) is 25.8 Å². The first kappa shape index (κ1) is 12.2. The van der Waals surface area contributed by atoms with Crippen LogP contribution in [-0.2, 0) is 4.74 Å². The van der Waals surface area contributed by atoms with Crippen molar-refractivity contribution in [2.24, 2.45) is 0 Å². The molecular formula is C12H19NO2. The number of likely N-dealkylation sites (N-methyl/N-ethyl adjacent to an activating group) is 1. The summed E-state index contributed by atoms with van der Waals surface area (Å²) in [5, 5.41) is 12.7. The number of nitrogens with one attached hydrogen (secondary N) is 1. The molecule has 0 aliphatic rings. The summed E-state index contributed by atoms with van der Waals surface area (Å²) < 4.78 is 5.23. The first-order valence-corrected chi connectivity index (χ1v) is 5.14. The van der Waals surface area contributed by atoms with E-state index in [9.17, 15) is 5.11 Å². The monoisotopic (exact) mass is 209 g/mol. The lowest BCUT2D eigenvalue weighted by atomic mass is 10.0. The first-order valence-electron chi connectivity index (χ1n) is 5.14. The highest BCUT2D eigenvalue weighted by Crippen LogP contribution is 2.20. The van der Waals surface area contributed by atoms with Crippen LogP contribution in [0, 0.1) is 0 Å². The van der Waals surface area contributed by atoms with E-state index in [-0.39, 0.29) is 6.10 Å². The molecule has 84 valence electrons. The maximum atomic E-state index is 9.80. The summed E-state index contributed by atoms with van der Waals surface area (Å²) in [6.45, 7) is 2.55. The zero-order chi connectivity index (χ0) is 11.3. The van der Waals surface area contributed by atoms with Crippen LogP contribution in [0.5, 0.6) is 0 Å². The van der Waals surface area contributed by atoms with Crippen molar-refractivity contribution in [3.63, 3.8) is 0 Å². The molecule has 0 aliphatic heterocycles. The largest absolute Gasteiger partial charge is 0.387 e. The molecule has 0 bridgehead atoms. The first-order chi connectivity index (χ1) is 7.19. The van der Waals surface area contributed by atoms with Crippen LogP contribution in [0.4, 0.5) is 0 Å². The molecule has 0 heterocycles. The Labute approximate surface area is 91.1 Å². The van der Waals surface area contributed by atoms with E-state index in [1.54, 1.807) is 7.11 Å². The van der Waals surface area contributed by atoms with Crippen LogP contribution in [0.15, 0.2) is 24.3 Å². The van der Waals surface area contributed by atoms with Crippen molar-refractivity contribution in [1.82, 2.24) is 5.32 Å². The Morgan fingerprint density at radius 3 is 2.67 bits per heavy atom. The van der Waals surface area contributed by atoms with E-state index in [4.69, 9.17) is 4.74 Å². The Bertz CT molecular complexity index is 301. The number of ether oxygens (including phenoxy) is 1. The van der Waals surface area contributed by atoms with E-state index in [2.05, 4.69) is 5.32 Å². The molecule has 2 N–H and O–H groups in total. The predicted molar refractivity (Wildman–Crippen MR) is 60.8 cm³/mol. The second-order valence-corrected chi connectivity index (χ2v) is 3.62. The van der Waals surface area contributed by atoms with Gasteiger partial charge in [0.05, 0.1) is 12.2 Å². The van der Waals surface area contributed by atoms with Crippen LogP contribution in [0.2, 0.25) is 0 Å². The van der Waals surface area contributed by atoms with E-state index < -0.39 is 6.10 Å². The third-order valence-corrected chi connectivity index (χ3v) is 2.52. The number of aliphatic hydroxyl groups is 1. The second kappa shape index (κ2) is 5.85. The summed E-state index contributed by atoms with van der Waals surface area (Å²) in [6.07, 6.45) is -0.397. The van der Waals surface area contributed by atoms with Gasteiger partial charge in [0.25, 0.3) is 0 Å². The molecule has 2 atom stereocenters. The lowest BCUT2D eigenvalue weighted by Crippen LogP contribution is -2.16. The van der Waals surface area contributed by atoms with Gasteiger partial charge in [0.1, 0.15) is 0 Å². The smallest absolute Gasteiger partial charge is 0.0914 e. The maximum Gasteiger partial charge on any atom is 0.0914 e. The lowest BCUT2D eigenvalue weighted by Gasteiger charge is -2.14. The summed E-state index contributed by atoms with van der Waals surface area (Å²) in [6, 6.07) is 7.85. The quantitative estimate of drug-likeness (QED) is 0.774. The highest BCUT2D eigenvalue weighted by atomic mass is 16.5. The van der Waals surface area contributed by atoms with E-state index in [0.29, 0.717) is 6.54 Å². The molecule has 1 aromatic rings. The normalized spacial score (nSPS) is 14.9. The van der Waals surface area contributed by atoms with E-state index in [1.807, 2.05) is 38.2 Å². The van der Waals surface area contributed by atoms with E-state index in [0.717, 1.165) is 11.1 Å². The molecule has 3 nitrogen and oxygen atoms in total. The van der Waals surface area contributed by atoms with Crippen LogP contribution >= 0.6 is 0 Å². The number of rotatable bonds is 5. The molecule has 0 saturated heterocycles. The van der Waals surface area contributed by atoms with Gasteiger partial charge in [-0.1, -0.05) is 24.3 Å². The molecule has 1 rings (SSSR count). The van der Waals surface area contributed by atoms with Crippen molar-refractivity contribution in [1.29, 1.82) is 0 Å². The Kier molecular flexibility index (Phi) is 4.75. The van der Waals surface area contributed by atoms with Crippen molar-refractivity contribution < 1.29 is 9.84 Å². The zero-order valence-corrected chi connectivity index (χ0v) is 9.53. The number of hydrogen-bond donors (Lipinski definition) is 2. The molecule has 0 fully saturated rings. The van der Waals surface area contributed by atoms with Crippen LogP contribution in [0.1, 0.15) is 30.3 Å². The van der Waals surface area contributed by atoms with E-state index >= 15 is 0 Å². The van der Waals surface area contributed by atoms with Crippen LogP contribution in [0.25, 0.3) is 0 Å². The molecule has 1 aromatic carbocycles. The van der Waals surface area contributed by atoms with Crippen molar-refractivity contribution in [2.75, 3.05) is 20.7 Å². The van der Waals surface area contributed by atoms with Crippen molar-refractivity contribution >= 4 is 0 Å². The molecule has 15 heavy (non-hydrogen) atoms. The van der Waals surface area contributed by atoms with Gasteiger partial charge in [0.15, 0.2) is 0 Å². The highest BCUT2D eigenvalue weighted by molar-refractivity contribution is 5.26. The molecule has 0 aromatic heterocycles. The van der Waals surface area contributed by atoms with E-state index in [1.165, 1.54) is 0 Å². The molecule has 0 amide bonds. The fourth-order valence-corrected chi connectivity index (χ4v) is 1.47. The van der Waals surface area contributed by atoms with Gasteiger partial charge in [-0.05, 0) is 25.1 Å². The van der Waals surface area contributed by atoms with Crippen molar-refractivity contribution in [2.45, 2.75) is 19.1 Å². The molecule has 0 spiro atoms. The average Bonchev–Trinajstić information content (AvgIpc) is 2.28. The van der Waals surface area contributed by atoms with Crippen molar-refractivity contribution in [3.8, 4) is 0 Å². The number of benzene rings is 1. The van der Waals surface area contributed by atoms with Gasteiger partial charge in [-0.3, -0.25) is 0 Å².